The summed E-state index contributed by atoms with van der Waals surface area (Å²) in [5.41, 5.74) is 0.721. The van der Waals surface area contributed by atoms with Gasteiger partial charge in [0.1, 0.15) is 24.2 Å². The Bertz CT molecular complexity index is 1110. The molecular weight excluding hydrogens is 473 g/mol. The zero-order chi connectivity index (χ0) is 24.8. The molecule has 0 aromatic heterocycles. The van der Waals surface area contributed by atoms with Crippen LogP contribution in [0.1, 0.15) is 19.4 Å². The summed E-state index contributed by atoms with van der Waals surface area (Å²) < 4.78 is 44.5. The number of hydrogen-bond acceptors (Lipinski definition) is 5. The molecule has 0 aliphatic carbocycles. The van der Waals surface area contributed by atoms with E-state index in [0.717, 1.165) is 22.7 Å². The number of carbonyl (C=O) groups excluding carboxylic acids is 2. The number of sulfonamides is 1. The number of likely N-dealkylation sites (N-methyl/N-ethyl adjacent to an activating group) is 1. The fraction of sp³-hybridized carbons (Fsp3) is 0.364. The second kappa shape index (κ2) is 11.3. The number of amides is 2. The maximum atomic E-state index is 13.6. The molecule has 0 heterocycles. The van der Waals surface area contributed by atoms with E-state index in [1.165, 1.54) is 18.1 Å². The van der Waals surface area contributed by atoms with E-state index in [2.05, 4.69) is 5.32 Å². The average Bonchev–Trinajstić information content (AvgIpc) is 2.76. The minimum Gasteiger partial charge on any atom is -0.497 e. The van der Waals surface area contributed by atoms with Crippen LogP contribution in [-0.4, -0.2) is 57.6 Å². The minimum atomic E-state index is -3.93. The lowest BCUT2D eigenvalue weighted by Crippen LogP contribution is -2.51. The topological polar surface area (TPSA) is 96.0 Å². The summed E-state index contributed by atoms with van der Waals surface area (Å²) >= 11 is 5.81. The number of nitrogens with zero attached hydrogens (tertiary/aromatic N) is 2. The van der Waals surface area contributed by atoms with Crippen molar-refractivity contribution in [1.29, 1.82) is 0 Å². The van der Waals surface area contributed by atoms with Crippen molar-refractivity contribution in [2.75, 3.05) is 30.8 Å². The molecule has 8 nitrogen and oxygen atoms in total. The summed E-state index contributed by atoms with van der Waals surface area (Å²) in [4.78, 5) is 27.1. The van der Waals surface area contributed by atoms with Gasteiger partial charge in [0, 0.05) is 13.1 Å². The van der Waals surface area contributed by atoms with Gasteiger partial charge in [0.15, 0.2) is 0 Å². The van der Waals surface area contributed by atoms with Gasteiger partial charge in [0.25, 0.3) is 0 Å². The number of nitrogens with one attached hydrogen (secondary N) is 1. The molecule has 180 valence electrons. The maximum Gasteiger partial charge on any atom is 0.244 e. The average molecular weight is 500 g/mol. The summed E-state index contributed by atoms with van der Waals surface area (Å²) in [5.74, 6) is -1.15. The number of methoxy groups -OCH3 is 1. The van der Waals surface area contributed by atoms with Crippen molar-refractivity contribution < 1.29 is 27.1 Å². The summed E-state index contributed by atoms with van der Waals surface area (Å²) in [6.45, 7) is 3.11. The fourth-order valence-electron chi connectivity index (χ4n) is 3.13. The normalized spacial score (nSPS) is 12.1. The van der Waals surface area contributed by atoms with E-state index in [-0.39, 0.29) is 23.2 Å². The van der Waals surface area contributed by atoms with Gasteiger partial charge in [-0.2, -0.15) is 0 Å². The third-order valence-corrected chi connectivity index (χ3v) is 6.31. The fourth-order valence-corrected chi connectivity index (χ4v) is 4.14. The molecule has 33 heavy (non-hydrogen) atoms. The van der Waals surface area contributed by atoms with Gasteiger partial charge in [-0.3, -0.25) is 13.9 Å². The molecule has 0 radical (unpaired) electrons. The van der Waals surface area contributed by atoms with E-state index >= 15 is 0 Å². The van der Waals surface area contributed by atoms with E-state index in [0.29, 0.717) is 17.9 Å². The molecule has 0 aliphatic heterocycles. The number of benzene rings is 2. The number of anilines is 1. The molecule has 2 rings (SSSR count). The van der Waals surface area contributed by atoms with Crippen molar-refractivity contribution in [3.05, 3.63) is 58.9 Å². The highest BCUT2D eigenvalue weighted by Gasteiger charge is 2.30. The Labute approximate surface area is 198 Å². The molecule has 2 amide bonds. The summed E-state index contributed by atoms with van der Waals surface area (Å²) in [5, 5.41) is 2.39. The highest BCUT2D eigenvalue weighted by molar-refractivity contribution is 7.92. The van der Waals surface area contributed by atoms with Gasteiger partial charge in [-0.15, -0.1) is 0 Å². The lowest BCUT2D eigenvalue weighted by atomic mass is 10.1. The SMILES string of the molecule is CCNC(=O)[C@@H](C)N(Cc1cccc(OC)c1)C(=O)CN(c1ccc(F)c(Cl)c1)S(C)(=O)=O. The molecule has 0 unspecified atom stereocenters. The number of rotatable bonds is 10. The van der Waals surface area contributed by atoms with Gasteiger partial charge in [-0.25, -0.2) is 12.8 Å². The second-order valence-corrected chi connectivity index (χ2v) is 9.63. The van der Waals surface area contributed by atoms with E-state index in [9.17, 15) is 22.4 Å². The molecule has 11 heteroatoms. The van der Waals surface area contributed by atoms with Crippen LogP contribution in [0.3, 0.4) is 0 Å². The van der Waals surface area contributed by atoms with E-state index in [4.69, 9.17) is 16.3 Å². The van der Waals surface area contributed by atoms with E-state index in [1.54, 1.807) is 38.1 Å². The van der Waals surface area contributed by atoms with Gasteiger partial charge >= 0.3 is 0 Å². The second-order valence-electron chi connectivity index (χ2n) is 7.31. The van der Waals surface area contributed by atoms with Crippen LogP contribution < -0.4 is 14.4 Å². The van der Waals surface area contributed by atoms with Crippen molar-refractivity contribution in [3.63, 3.8) is 0 Å². The summed E-state index contributed by atoms with van der Waals surface area (Å²) in [6.07, 6.45) is 0.928. The van der Waals surface area contributed by atoms with Crippen molar-refractivity contribution >= 4 is 39.1 Å². The monoisotopic (exact) mass is 499 g/mol. The van der Waals surface area contributed by atoms with Crippen molar-refractivity contribution in [2.45, 2.75) is 26.4 Å². The van der Waals surface area contributed by atoms with E-state index in [1.807, 2.05) is 0 Å². The van der Waals surface area contributed by atoms with Crippen molar-refractivity contribution in [2.24, 2.45) is 0 Å². The number of halogens is 2. The molecule has 2 aromatic carbocycles. The zero-order valence-corrected chi connectivity index (χ0v) is 20.4. The molecule has 1 atom stereocenters. The first-order chi connectivity index (χ1) is 15.5. The third kappa shape index (κ3) is 7.06. The van der Waals surface area contributed by atoms with Gasteiger partial charge in [-0.05, 0) is 49.7 Å². The summed E-state index contributed by atoms with van der Waals surface area (Å²) in [6, 6.07) is 9.46. The van der Waals surface area contributed by atoms with Crippen molar-refractivity contribution in [3.8, 4) is 5.75 Å². The Hall–Kier alpha value is -2.85. The Balaban J connectivity index is 2.41. The predicted molar refractivity (Wildman–Crippen MR) is 125 cm³/mol. The van der Waals surface area contributed by atoms with E-state index < -0.39 is 34.3 Å². The minimum absolute atomic E-state index is 0.0317. The van der Waals surface area contributed by atoms with Crippen LogP contribution in [0.4, 0.5) is 10.1 Å². The molecule has 0 aliphatic rings. The highest BCUT2D eigenvalue weighted by atomic mass is 35.5. The van der Waals surface area contributed by atoms with Gasteiger partial charge in [0.05, 0.1) is 24.1 Å². The number of carbonyl (C=O) groups is 2. The van der Waals surface area contributed by atoms with Crippen LogP contribution in [0.2, 0.25) is 5.02 Å². The Morgan fingerprint density at radius 2 is 1.91 bits per heavy atom. The quantitative estimate of drug-likeness (QED) is 0.542. The largest absolute Gasteiger partial charge is 0.497 e. The lowest BCUT2D eigenvalue weighted by Gasteiger charge is -2.31. The molecule has 0 spiro atoms. The molecule has 1 N–H and O–H groups in total. The third-order valence-electron chi connectivity index (χ3n) is 4.88. The predicted octanol–water partition coefficient (Wildman–Crippen LogP) is 2.81. The van der Waals surface area contributed by atoms with Gasteiger partial charge in [0.2, 0.25) is 21.8 Å². The van der Waals surface area contributed by atoms with Crippen LogP contribution in [-0.2, 0) is 26.2 Å². The first-order valence-corrected chi connectivity index (χ1v) is 12.3. The van der Waals surface area contributed by atoms with Gasteiger partial charge in [-0.1, -0.05) is 23.7 Å². The Morgan fingerprint density at radius 1 is 1.21 bits per heavy atom. The number of ether oxygens (including phenoxy) is 1. The standard InChI is InChI=1S/C22H27ClFN3O5S/c1-5-25-22(29)15(2)26(13-16-7-6-8-18(11-16)32-3)21(28)14-27(33(4,30)31)17-9-10-20(24)19(23)12-17/h6-12,15H,5,13-14H2,1-4H3,(H,25,29)/t15-/m1/s1. The van der Waals surface area contributed by atoms with Crippen LogP contribution in [0.5, 0.6) is 5.75 Å². The molecular formula is C22H27ClFN3O5S. The highest BCUT2D eigenvalue weighted by Crippen LogP contribution is 2.25. The summed E-state index contributed by atoms with van der Waals surface area (Å²) in [7, 11) is -2.42. The molecule has 0 saturated carbocycles. The Kier molecular flexibility index (Phi) is 9.07. The van der Waals surface area contributed by atoms with Crippen LogP contribution in [0, 0.1) is 5.82 Å². The smallest absolute Gasteiger partial charge is 0.244 e. The molecule has 2 aromatic rings. The zero-order valence-electron chi connectivity index (χ0n) is 18.8. The molecule has 0 saturated heterocycles. The lowest BCUT2D eigenvalue weighted by molar-refractivity contribution is -0.139. The van der Waals surface area contributed by atoms with Crippen molar-refractivity contribution in [1.82, 2.24) is 10.2 Å². The molecule has 0 fully saturated rings. The van der Waals surface area contributed by atoms with Gasteiger partial charge < -0.3 is 15.0 Å². The first-order valence-electron chi connectivity index (χ1n) is 10.1. The molecule has 0 bridgehead atoms. The number of hydrogen-bond donors (Lipinski definition) is 1. The maximum absolute atomic E-state index is 13.6. The van der Waals surface area contributed by atoms with Crippen LogP contribution in [0.15, 0.2) is 42.5 Å². The Morgan fingerprint density at radius 3 is 2.48 bits per heavy atom. The van der Waals surface area contributed by atoms with Crippen LogP contribution >= 0.6 is 11.6 Å². The first kappa shape index (κ1) is 26.4. The van der Waals surface area contributed by atoms with Crippen LogP contribution in [0.25, 0.3) is 0 Å².